The van der Waals surface area contributed by atoms with Crippen molar-refractivity contribution in [2.75, 3.05) is 11.1 Å². The molecule has 2 aromatic carbocycles. The molecular weight excluding hydrogens is 387 g/mol. The van der Waals surface area contributed by atoms with Crippen molar-refractivity contribution >= 4 is 35.0 Å². The number of para-hydroxylation sites is 1. The average molecular weight is 403 g/mol. The topological polar surface area (TPSA) is 59.8 Å². The Morgan fingerprint density at radius 1 is 1.22 bits per heavy atom. The van der Waals surface area contributed by atoms with E-state index in [1.807, 2.05) is 34.9 Å². The molecule has 0 radical (unpaired) electrons. The van der Waals surface area contributed by atoms with Crippen LogP contribution in [0.2, 0.25) is 5.02 Å². The molecule has 1 N–H and O–H groups in total. The molecule has 1 heterocycles. The maximum atomic E-state index is 13.1. The SMILES string of the molecule is O=C(CSc1nnc(C2CC2)n1-c1ccccc1)Nc1ccc(F)cc1Cl. The Kier molecular flexibility index (Phi) is 5.13. The number of halogens is 2. The lowest BCUT2D eigenvalue weighted by atomic mass is 10.3. The smallest absolute Gasteiger partial charge is 0.234 e. The van der Waals surface area contributed by atoms with E-state index < -0.39 is 5.82 Å². The first-order valence-corrected chi connectivity index (χ1v) is 9.86. The summed E-state index contributed by atoms with van der Waals surface area (Å²) in [5, 5.41) is 12.1. The van der Waals surface area contributed by atoms with Crippen molar-refractivity contribution in [2.45, 2.75) is 23.9 Å². The summed E-state index contributed by atoms with van der Waals surface area (Å²) in [6.07, 6.45) is 2.22. The molecule has 4 rings (SSSR count). The highest BCUT2D eigenvalue weighted by atomic mass is 35.5. The number of benzene rings is 2. The Morgan fingerprint density at radius 3 is 2.70 bits per heavy atom. The molecule has 1 saturated carbocycles. The minimum absolute atomic E-state index is 0.142. The molecule has 1 aliphatic rings. The summed E-state index contributed by atoms with van der Waals surface area (Å²) in [5.74, 6) is 0.813. The third-order valence-electron chi connectivity index (χ3n) is 4.15. The second-order valence-corrected chi connectivity index (χ2v) is 7.60. The van der Waals surface area contributed by atoms with E-state index in [4.69, 9.17) is 11.6 Å². The Hall–Kier alpha value is -2.38. The van der Waals surface area contributed by atoms with E-state index in [9.17, 15) is 9.18 Å². The highest BCUT2D eigenvalue weighted by molar-refractivity contribution is 7.99. The van der Waals surface area contributed by atoms with Gasteiger partial charge in [-0.2, -0.15) is 0 Å². The highest BCUT2D eigenvalue weighted by Crippen LogP contribution is 2.41. The number of aromatic nitrogens is 3. The Balaban J connectivity index is 1.49. The van der Waals surface area contributed by atoms with Gasteiger partial charge in [-0.3, -0.25) is 9.36 Å². The summed E-state index contributed by atoms with van der Waals surface area (Å²) in [6.45, 7) is 0. The standard InChI is InChI=1S/C19H16ClFN4OS/c20-15-10-13(21)8-9-16(15)22-17(26)11-27-19-24-23-18(12-6-7-12)25(19)14-4-2-1-3-5-14/h1-5,8-10,12H,6-7,11H2,(H,22,26). The number of anilines is 1. The van der Waals surface area contributed by atoms with E-state index in [1.165, 1.54) is 23.9 Å². The van der Waals surface area contributed by atoms with Crippen LogP contribution in [0.25, 0.3) is 5.69 Å². The van der Waals surface area contributed by atoms with Crippen molar-refractivity contribution in [3.63, 3.8) is 0 Å². The lowest BCUT2D eigenvalue weighted by molar-refractivity contribution is -0.113. The van der Waals surface area contributed by atoms with Gasteiger partial charge < -0.3 is 5.32 Å². The largest absolute Gasteiger partial charge is 0.324 e. The molecule has 1 fully saturated rings. The van der Waals surface area contributed by atoms with Crippen LogP contribution in [0.5, 0.6) is 0 Å². The van der Waals surface area contributed by atoms with Gasteiger partial charge >= 0.3 is 0 Å². The normalized spacial score (nSPS) is 13.6. The predicted molar refractivity (Wildman–Crippen MR) is 104 cm³/mol. The van der Waals surface area contributed by atoms with Crippen LogP contribution in [0.1, 0.15) is 24.6 Å². The second kappa shape index (κ2) is 7.70. The van der Waals surface area contributed by atoms with Gasteiger partial charge in [0.15, 0.2) is 5.16 Å². The van der Waals surface area contributed by atoms with Gasteiger partial charge in [-0.15, -0.1) is 10.2 Å². The molecular formula is C19H16ClFN4OS. The first-order chi connectivity index (χ1) is 13.1. The Morgan fingerprint density at radius 2 is 2.00 bits per heavy atom. The van der Waals surface area contributed by atoms with E-state index in [0.717, 1.165) is 30.4 Å². The maximum absolute atomic E-state index is 13.1. The van der Waals surface area contributed by atoms with Crippen LogP contribution >= 0.6 is 23.4 Å². The summed E-state index contributed by atoms with van der Waals surface area (Å²) in [4.78, 5) is 12.3. The minimum atomic E-state index is -0.448. The molecule has 3 aromatic rings. The number of rotatable bonds is 6. The minimum Gasteiger partial charge on any atom is -0.324 e. The summed E-state index contributed by atoms with van der Waals surface area (Å²) in [6, 6.07) is 13.7. The number of carbonyl (C=O) groups excluding carboxylic acids is 1. The Bertz CT molecular complexity index is 975. The van der Waals surface area contributed by atoms with Gasteiger partial charge in [0.05, 0.1) is 16.5 Å². The lowest BCUT2D eigenvalue weighted by Crippen LogP contribution is -2.15. The quantitative estimate of drug-likeness (QED) is 0.609. The van der Waals surface area contributed by atoms with Gasteiger partial charge in [0.25, 0.3) is 0 Å². The molecule has 0 spiro atoms. The van der Waals surface area contributed by atoms with Crippen LogP contribution in [-0.4, -0.2) is 26.4 Å². The highest BCUT2D eigenvalue weighted by Gasteiger charge is 2.31. The predicted octanol–water partition coefficient (Wildman–Crippen LogP) is 4.67. The van der Waals surface area contributed by atoms with Crippen molar-refractivity contribution in [3.8, 4) is 5.69 Å². The van der Waals surface area contributed by atoms with Gasteiger partial charge in [0.2, 0.25) is 5.91 Å². The van der Waals surface area contributed by atoms with Gasteiger partial charge in [-0.25, -0.2) is 4.39 Å². The maximum Gasteiger partial charge on any atom is 0.234 e. The van der Waals surface area contributed by atoms with E-state index in [0.29, 0.717) is 16.8 Å². The second-order valence-electron chi connectivity index (χ2n) is 6.25. The molecule has 0 aliphatic heterocycles. The third kappa shape index (κ3) is 4.14. The van der Waals surface area contributed by atoms with Crippen LogP contribution in [0.3, 0.4) is 0 Å². The molecule has 27 heavy (non-hydrogen) atoms. The summed E-state index contributed by atoms with van der Waals surface area (Å²) in [5.41, 5.74) is 1.36. The molecule has 1 aromatic heterocycles. The molecule has 138 valence electrons. The molecule has 1 aliphatic carbocycles. The number of carbonyl (C=O) groups is 1. The van der Waals surface area contributed by atoms with Crippen molar-refractivity contribution in [2.24, 2.45) is 0 Å². The van der Waals surface area contributed by atoms with Crippen LogP contribution in [0, 0.1) is 5.82 Å². The van der Waals surface area contributed by atoms with E-state index in [1.54, 1.807) is 0 Å². The third-order valence-corrected chi connectivity index (χ3v) is 5.39. The number of thioether (sulfide) groups is 1. The lowest BCUT2D eigenvalue weighted by Gasteiger charge is -2.10. The van der Waals surface area contributed by atoms with Gasteiger partial charge in [0.1, 0.15) is 11.6 Å². The number of hydrogen-bond acceptors (Lipinski definition) is 4. The average Bonchev–Trinajstić information content (AvgIpc) is 3.42. The zero-order chi connectivity index (χ0) is 18.8. The summed E-state index contributed by atoms with van der Waals surface area (Å²) < 4.78 is 15.1. The molecule has 0 atom stereocenters. The van der Waals surface area contributed by atoms with Crippen LogP contribution in [-0.2, 0) is 4.79 Å². The summed E-state index contributed by atoms with van der Waals surface area (Å²) >= 11 is 7.26. The first kappa shape index (κ1) is 18.0. The fraction of sp³-hybridized carbons (Fsp3) is 0.211. The molecule has 8 heteroatoms. The molecule has 0 unspecified atom stereocenters. The Labute approximate surface area is 164 Å². The van der Waals surface area contributed by atoms with Crippen LogP contribution in [0.15, 0.2) is 53.7 Å². The molecule has 0 bridgehead atoms. The van der Waals surface area contributed by atoms with Crippen molar-refractivity contribution < 1.29 is 9.18 Å². The molecule has 0 saturated heterocycles. The van der Waals surface area contributed by atoms with Crippen LogP contribution in [0.4, 0.5) is 10.1 Å². The number of hydrogen-bond donors (Lipinski definition) is 1. The molecule has 1 amide bonds. The van der Waals surface area contributed by atoms with Crippen molar-refractivity contribution in [1.82, 2.24) is 14.8 Å². The van der Waals surface area contributed by atoms with Gasteiger partial charge in [-0.05, 0) is 43.2 Å². The van der Waals surface area contributed by atoms with Gasteiger partial charge in [-0.1, -0.05) is 41.6 Å². The van der Waals surface area contributed by atoms with Crippen molar-refractivity contribution in [3.05, 3.63) is 65.2 Å². The first-order valence-electron chi connectivity index (χ1n) is 8.50. The zero-order valence-electron chi connectivity index (χ0n) is 14.2. The van der Waals surface area contributed by atoms with E-state index in [2.05, 4.69) is 15.5 Å². The number of nitrogens with zero attached hydrogens (tertiary/aromatic N) is 3. The van der Waals surface area contributed by atoms with Gasteiger partial charge in [0, 0.05) is 11.6 Å². The van der Waals surface area contributed by atoms with E-state index in [-0.39, 0.29) is 16.7 Å². The van der Waals surface area contributed by atoms with Crippen molar-refractivity contribution in [1.29, 1.82) is 0 Å². The number of amides is 1. The molecule has 5 nitrogen and oxygen atoms in total. The zero-order valence-corrected chi connectivity index (χ0v) is 15.8. The summed E-state index contributed by atoms with van der Waals surface area (Å²) in [7, 11) is 0. The van der Waals surface area contributed by atoms with E-state index >= 15 is 0 Å². The fourth-order valence-electron chi connectivity index (χ4n) is 2.71. The number of nitrogens with one attached hydrogen (secondary N) is 1. The fourth-order valence-corrected chi connectivity index (χ4v) is 3.68. The van der Waals surface area contributed by atoms with Crippen LogP contribution < -0.4 is 5.32 Å². The monoisotopic (exact) mass is 402 g/mol.